The van der Waals surface area contributed by atoms with E-state index < -0.39 is 22.9 Å². The van der Waals surface area contributed by atoms with Crippen molar-refractivity contribution in [2.45, 2.75) is 41.5 Å². The molecule has 0 saturated carbocycles. The number of phenolic OH excluding ortho intramolecular Hbond substituents is 1. The van der Waals surface area contributed by atoms with Gasteiger partial charge in [-0.2, -0.15) is 0 Å². The van der Waals surface area contributed by atoms with Crippen LogP contribution in [-0.2, 0) is 0 Å². The Hall–Kier alpha value is -8.63. The van der Waals surface area contributed by atoms with E-state index in [4.69, 9.17) is 5.63 Å². The standard InChI is InChI=1S/C42H39B.C21H15AtNO2.C9H7NO/c1-28-22-37(34-16-10-7-11-17-34)23-29(2)40(28)43(41-30(3)24-38(25-31(41)4)35-18-12-8-13-19-35)42-32(5)26-39(27-33(42)6)36-20-14-9-15-21-36;1-2-6-16(7-3-1)17-11-13-19(14-12-17)24-22-23-15-5-9-18-8-4-10-20(25-22)21(18)23;11-8-5-1-3-7-4-2-6-10-9(7)8/h7-27H,1-6H3;1-15H;1-6,11H/q;+1;. The summed E-state index contributed by atoms with van der Waals surface area (Å²) in [6.07, 6.45) is 3.74. The molecule has 0 saturated heterocycles. The number of phenols is 1. The average molecular weight is 1220 g/mol. The Labute approximate surface area is 474 Å². The van der Waals surface area contributed by atoms with Gasteiger partial charge in [0, 0.05) is 11.6 Å². The van der Waals surface area contributed by atoms with Crippen molar-refractivity contribution in [1.29, 1.82) is 0 Å². The normalized spacial score (nSPS) is 11.7. The summed E-state index contributed by atoms with van der Waals surface area (Å²) in [6.45, 7) is 13.9. The number of hydrogen-bond donors (Lipinski definition) is 1. The molecule has 0 radical (unpaired) electrons. The molecule has 13 rings (SSSR count). The second kappa shape index (κ2) is 23.5. The summed E-state index contributed by atoms with van der Waals surface area (Å²) in [4.78, 5) is 4.03. The van der Waals surface area contributed by atoms with Gasteiger partial charge in [0.1, 0.15) is 11.3 Å². The molecule has 12 aromatic rings. The molecule has 0 bridgehead atoms. The molecule has 0 atom stereocenters. The third-order valence-corrected chi connectivity index (χ3v) is 19.3. The van der Waals surface area contributed by atoms with Crippen LogP contribution in [0, 0.1) is 64.5 Å². The Kier molecular flexibility index (Phi) is 15.6. The zero-order chi connectivity index (χ0) is 54.4. The molecule has 0 unspecified atom stereocenters. The SMILES string of the molecule is Cc1cc(-c2ccccc2)cc(C)c1B(c1c(C)cc(-c2ccccc2)cc1C)c1c(C)cc(-c2ccccc2)cc1C.Oc1cccc2cccnc12.c1ccc(-c2ccc(O[At]3Oc4cccc5ccc[n+]3c45)cc2)cc1. The van der Waals surface area contributed by atoms with Crippen LogP contribution >= 0.6 is 0 Å². The van der Waals surface area contributed by atoms with Crippen LogP contribution in [0.4, 0.5) is 0 Å². The molecule has 3 heterocycles. The number of aryl methyl sites for hydroxylation is 6. The van der Waals surface area contributed by atoms with E-state index in [1.807, 2.05) is 48.5 Å². The number of nitrogens with zero attached hydrogens (tertiary/aromatic N) is 2. The molecule has 1 aliphatic rings. The molecule has 79 heavy (non-hydrogen) atoms. The van der Waals surface area contributed by atoms with Crippen LogP contribution in [0.25, 0.3) is 66.3 Å². The number of fused-ring (bicyclic) bond motifs is 1. The molecule has 0 amide bonds. The maximum atomic E-state index is 9.31. The van der Waals surface area contributed by atoms with Crippen LogP contribution in [0.3, 0.4) is 0 Å². The molecule has 10 aromatic carbocycles. The Morgan fingerprint density at radius 2 is 0.797 bits per heavy atom. The van der Waals surface area contributed by atoms with Gasteiger partial charge >= 0.3 is 156 Å². The van der Waals surface area contributed by atoms with Crippen LogP contribution in [0.5, 0.6) is 17.2 Å². The van der Waals surface area contributed by atoms with Gasteiger partial charge in [-0.15, -0.1) is 0 Å². The summed E-state index contributed by atoms with van der Waals surface area (Å²) < 4.78 is 14.6. The minimum atomic E-state index is -2.57. The van der Waals surface area contributed by atoms with Gasteiger partial charge in [0.2, 0.25) is 6.71 Å². The number of benzene rings is 10. The molecule has 5 nitrogen and oxygen atoms in total. The Morgan fingerprint density at radius 3 is 1.25 bits per heavy atom. The average Bonchev–Trinajstić information content (AvgIpc) is 3.93. The first-order chi connectivity index (χ1) is 38.6. The van der Waals surface area contributed by atoms with Crippen molar-refractivity contribution in [3.05, 3.63) is 288 Å². The summed E-state index contributed by atoms with van der Waals surface area (Å²) >= 11 is -2.57. The van der Waals surface area contributed by atoms with Crippen molar-refractivity contribution >= 4 is 44.9 Å². The van der Waals surface area contributed by atoms with Crippen molar-refractivity contribution < 1.29 is 36.2 Å². The molecule has 1 aliphatic heterocycles. The molecular formula is C72H61AtBN2O3+. The topological polar surface area (TPSA) is 55.5 Å². The van der Waals surface area contributed by atoms with Crippen molar-refractivity contribution in [3.8, 4) is 61.8 Å². The number of aromatic nitrogens is 2. The van der Waals surface area contributed by atoms with E-state index in [0.29, 0.717) is 5.52 Å². The number of rotatable bonds is 9. The second-order valence-corrected chi connectivity index (χ2v) is 24.4. The van der Waals surface area contributed by atoms with Gasteiger partial charge in [0.25, 0.3) is 0 Å². The molecule has 0 spiro atoms. The molecule has 0 fully saturated rings. The van der Waals surface area contributed by atoms with Crippen molar-refractivity contribution in [2.24, 2.45) is 0 Å². The van der Waals surface area contributed by atoms with E-state index in [1.54, 1.807) is 18.3 Å². The minimum absolute atomic E-state index is 0.125. The van der Waals surface area contributed by atoms with Gasteiger partial charge in [0.15, 0.2) is 0 Å². The van der Waals surface area contributed by atoms with E-state index in [2.05, 4.69) is 237 Å². The molecule has 386 valence electrons. The summed E-state index contributed by atoms with van der Waals surface area (Å²) in [7, 11) is 0. The number of aromatic hydroxyl groups is 1. The van der Waals surface area contributed by atoms with Crippen LogP contribution in [-0.4, -0.2) is 16.8 Å². The summed E-state index contributed by atoms with van der Waals surface area (Å²) in [5, 5.41) is 11.5. The van der Waals surface area contributed by atoms with Crippen LogP contribution in [0.15, 0.2) is 255 Å². The number of hydrogen-bond acceptors (Lipinski definition) is 4. The predicted octanol–water partition coefficient (Wildman–Crippen LogP) is 15.5. The third-order valence-electron chi connectivity index (χ3n) is 14.7. The molecule has 7 heteroatoms. The number of pyridine rings is 2. The van der Waals surface area contributed by atoms with Gasteiger partial charge in [-0.05, 0) is 87.1 Å². The van der Waals surface area contributed by atoms with Crippen LogP contribution in [0.1, 0.15) is 33.4 Å². The van der Waals surface area contributed by atoms with Gasteiger partial charge in [-0.3, -0.25) is 4.98 Å². The van der Waals surface area contributed by atoms with E-state index in [1.165, 1.54) is 99.7 Å². The van der Waals surface area contributed by atoms with E-state index in [-0.39, 0.29) is 12.5 Å². The van der Waals surface area contributed by atoms with E-state index in [0.717, 1.165) is 22.4 Å². The van der Waals surface area contributed by atoms with E-state index in [9.17, 15) is 5.11 Å². The summed E-state index contributed by atoms with van der Waals surface area (Å²) in [6, 6.07) is 84.6. The fraction of sp³-hybridized carbons (Fsp3) is 0.0833. The first-order valence-electron chi connectivity index (χ1n) is 26.8. The Balaban J connectivity index is 0.000000152. The van der Waals surface area contributed by atoms with Crippen molar-refractivity contribution in [2.75, 3.05) is 0 Å². The zero-order valence-corrected chi connectivity index (χ0v) is 48.3. The van der Waals surface area contributed by atoms with Crippen LogP contribution < -0.4 is 24.5 Å². The van der Waals surface area contributed by atoms with Gasteiger partial charge in [0.05, 0.1) is 0 Å². The second-order valence-electron chi connectivity index (χ2n) is 20.2. The summed E-state index contributed by atoms with van der Waals surface area (Å²) in [5.74, 6) is 2.03. The van der Waals surface area contributed by atoms with Gasteiger partial charge < -0.3 is 5.11 Å². The van der Waals surface area contributed by atoms with Gasteiger partial charge in [-0.25, -0.2) is 0 Å². The predicted molar refractivity (Wildman–Crippen MR) is 325 cm³/mol. The fourth-order valence-corrected chi connectivity index (χ4v) is 15.7. The van der Waals surface area contributed by atoms with E-state index >= 15 is 0 Å². The molecular weight excluding hydrogens is 1160 g/mol. The number of para-hydroxylation sites is 2. The summed E-state index contributed by atoms with van der Waals surface area (Å²) in [5.41, 5.74) is 24.1. The quantitative estimate of drug-likeness (QED) is 0.146. The Bertz CT molecular complexity index is 3800. The first-order valence-corrected chi connectivity index (χ1v) is 30.5. The van der Waals surface area contributed by atoms with Crippen molar-refractivity contribution in [1.82, 2.24) is 4.98 Å². The van der Waals surface area contributed by atoms with Crippen LogP contribution in [0.2, 0.25) is 0 Å². The monoisotopic (exact) mass is 1220 g/mol. The molecule has 2 aromatic heterocycles. The first kappa shape index (κ1) is 52.4. The maximum absolute atomic E-state index is 9.31. The van der Waals surface area contributed by atoms with Gasteiger partial charge in [-0.1, -0.05) is 195 Å². The molecule has 0 aliphatic carbocycles. The van der Waals surface area contributed by atoms with Crippen molar-refractivity contribution in [3.63, 3.8) is 0 Å². The zero-order valence-electron chi connectivity index (χ0n) is 45.4. The fourth-order valence-electron chi connectivity index (χ4n) is 11.1. The molecule has 1 N–H and O–H groups in total. The third kappa shape index (κ3) is 11.4. The Morgan fingerprint density at radius 1 is 0.405 bits per heavy atom.